The van der Waals surface area contributed by atoms with Crippen LogP contribution in [0.5, 0.6) is 0 Å². The van der Waals surface area contributed by atoms with Gasteiger partial charge in [0.05, 0.1) is 6.34 Å². The Hall–Kier alpha value is -2.13. The molecule has 3 nitrogen and oxygen atoms in total. The molecule has 3 N–H and O–H groups in total. The van der Waals surface area contributed by atoms with Crippen LogP contribution in [0.15, 0.2) is 65.7 Å². The van der Waals surface area contributed by atoms with Gasteiger partial charge in [-0.1, -0.05) is 60.7 Å². The minimum absolute atomic E-state index is 0. The highest BCUT2D eigenvalue weighted by Gasteiger charge is 1.90. The molecular weight excluding hydrogens is 248 g/mol. The number of nitrogens with one attached hydrogen (secondary N) is 1. The highest BCUT2D eigenvalue weighted by atomic mass is 16.0. The molecule has 0 aromatic heterocycles. The minimum atomic E-state index is 0. The number of hydrogen-bond donors (Lipinski definition) is 1. The van der Waals surface area contributed by atoms with Crippen molar-refractivity contribution in [3.63, 3.8) is 0 Å². The van der Waals surface area contributed by atoms with Gasteiger partial charge in [-0.2, -0.15) is 0 Å². The number of benzene rings is 2. The SMILES string of the molecule is C(=NCCc1ccccc1)NCCc1ccccc1.O. The monoisotopic (exact) mass is 270 g/mol. The van der Waals surface area contributed by atoms with Gasteiger partial charge in [-0.05, 0) is 24.0 Å². The van der Waals surface area contributed by atoms with Crippen molar-refractivity contribution in [1.29, 1.82) is 0 Å². The van der Waals surface area contributed by atoms with E-state index in [4.69, 9.17) is 0 Å². The molecule has 0 fully saturated rings. The van der Waals surface area contributed by atoms with E-state index in [1.54, 1.807) is 0 Å². The van der Waals surface area contributed by atoms with E-state index in [0.29, 0.717) is 0 Å². The predicted molar refractivity (Wildman–Crippen MR) is 85.3 cm³/mol. The van der Waals surface area contributed by atoms with Crippen LogP contribution < -0.4 is 5.32 Å². The van der Waals surface area contributed by atoms with Crippen molar-refractivity contribution in [3.8, 4) is 0 Å². The third-order valence-electron chi connectivity index (χ3n) is 2.96. The van der Waals surface area contributed by atoms with Crippen LogP contribution in [0.25, 0.3) is 0 Å². The van der Waals surface area contributed by atoms with Crippen LogP contribution in [0, 0.1) is 0 Å². The summed E-state index contributed by atoms with van der Waals surface area (Å²) in [6, 6.07) is 20.9. The second-order valence-electron chi connectivity index (χ2n) is 4.46. The lowest BCUT2D eigenvalue weighted by molar-refractivity contribution is 0.824. The standard InChI is InChI=1S/C17H20N2.H2O/c1-3-7-16(8-4-1)11-13-18-15-19-14-12-17-9-5-2-6-10-17;/h1-10,15H,11-14H2,(H,18,19);1H2. The van der Waals surface area contributed by atoms with Crippen molar-refractivity contribution in [2.45, 2.75) is 12.8 Å². The second kappa shape index (κ2) is 9.75. The summed E-state index contributed by atoms with van der Waals surface area (Å²) in [4.78, 5) is 4.36. The van der Waals surface area contributed by atoms with Crippen LogP contribution in [0.3, 0.4) is 0 Å². The van der Waals surface area contributed by atoms with E-state index >= 15 is 0 Å². The van der Waals surface area contributed by atoms with Crippen molar-refractivity contribution in [2.75, 3.05) is 13.1 Å². The average Bonchev–Trinajstić information content (AvgIpc) is 2.48. The summed E-state index contributed by atoms with van der Waals surface area (Å²) in [6.45, 7) is 1.77. The second-order valence-corrected chi connectivity index (χ2v) is 4.46. The lowest BCUT2D eigenvalue weighted by atomic mass is 10.1. The largest absolute Gasteiger partial charge is 0.412 e. The average molecular weight is 270 g/mol. The summed E-state index contributed by atoms with van der Waals surface area (Å²) >= 11 is 0. The maximum absolute atomic E-state index is 4.36. The summed E-state index contributed by atoms with van der Waals surface area (Å²) in [5.74, 6) is 0. The molecule has 2 aromatic carbocycles. The summed E-state index contributed by atoms with van der Waals surface area (Å²) in [5, 5.41) is 3.23. The first-order chi connectivity index (χ1) is 9.45. The Morgan fingerprint density at radius 1 is 0.800 bits per heavy atom. The first-order valence-corrected chi connectivity index (χ1v) is 6.75. The molecule has 0 bridgehead atoms. The van der Waals surface area contributed by atoms with Gasteiger partial charge in [0.1, 0.15) is 0 Å². The van der Waals surface area contributed by atoms with Crippen LogP contribution in [-0.2, 0) is 12.8 Å². The zero-order valence-corrected chi connectivity index (χ0v) is 11.6. The van der Waals surface area contributed by atoms with E-state index in [2.05, 4.69) is 58.8 Å². The minimum Gasteiger partial charge on any atom is -0.412 e. The van der Waals surface area contributed by atoms with Crippen LogP contribution >= 0.6 is 0 Å². The van der Waals surface area contributed by atoms with Gasteiger partial charge in [0.2, 0.25) is 0 Å². The van der Waals surface area contributed by atoms with Crippen LogP contribution in [0.1, 0.15) is 11.1 Å². The maximum atomic E-state index is 4.36. The van der Waals surface area contributed by atoms with Crippen molar-refractivity contribution in [3.05, 3.63) is 71.8 Å². The molecule has 0 heterocycles. The molecule has 0 radical (unpaired) electrons. The molecule has 3 heteroatoms. The molecule has 20 heavy (non-hydrogen) atoms. The van der Waals surface area contributed by atoms with Crippen LogP contribution in [0.2, 0.25) is 0 Å². The molecule has 2 rings (SSSR count). The molecule has 0 saturated heterocycles. The smallest absolute Gasteiger partial charge is 0.0824 e. The molecular formula is C17H22N2O. The normalized spacial score (nSPS) is 10.2. The molecule has 0 spiro atoms. The number of aliphatic imine (C=N–C) groups is 1. The fourth-order valence-corrected chi connectivity index (χ4v) is 1.89. The quantitative estimate of drug-likeness (QED) is 0.468. The highest BCUT2D eigenvalue weighted by molar-refractivity contribution is 5.54. The summed E-state index contributed by atoms with van der Waals surface area (Å²) in [7, 11) is 0. The molecule has 0 amide bonds. The Balaban J connectivity index is 0.00000200. The van der Waals surface area contributed by atoms with Gasteiger partial charge in [0, 0.05) is 13.1 Å². The summed E-state index contributed by atoms with van der Waals surface area (Å²) in [5.41, 5.74) is 2.69. The van der Waals surface area contributed by atoms with Gasteiger partial charge >= 0.3 is 0 Å². The molecule has 106 valence electrons. The molecule has 0 saturated carbocycles. The molecule has 0 aliphatic carbocycles. The van der Waals surface area contributed by atoms with E-state index < -0.39 is 0 Å². The lowest BCUT2D eigenvalue weighted by Crippen LogP contribution is -2.15. The van der Waals surface area contributed by atoms with Crippen molar-refractivity contribution >= 4 is 6.34 Å². The third kappa shape index (κ3) is 6.16. The van der Waals surface area contributed by atoms with Gasteiger partial charge in [0.25, 0.3) is 0 Å². The Labute approximate surface area is 120 Å². The Kier molecular flexibility index (Phi) is 7.77. The van der Waals surface area contributed by atoms with Crippen molar-refractivity contribution in [2.24, 2.45) is 4.99 Å². The van der Waals surface area contributed by atoms with Gasteiger partial charge in [-0.15, -0.1) is 0 Å². The zero-order valence-electron chi connectivity index (χ0n) is 11.6. The van der Waals surface area contributed by atoms with Gasteiger partial charge in [-0.25, -0.2) is 0 Å². The van der Waals surface area contributed by atoms with Crippen molar-refractivity contribution < 1.29 is 5.48 Å². The van der Waals surface area contributed by atoms with Gasteiger partial charge in [0.15, 0.2) is 0 Å². The predicted octanol–water partition coefficient (Wildman–Crippen LogP) is 2.27. The summed E-state index contributed by atoms with van der Waals surface area (Å²) in [6.07, 6.45) is 3.86. The number of rotatable bonds is 7. The maximum Gasteiger partial charge on any atom is 0.0824 e. The van der Waals surface area contributed by atoms with Gasteiger partial charge < -0.3 is 10.8 Å². The Morgan fingerprint density at radius 3 is 1.95 bits per heavy atom. The van der Waals surface area contributed by atoms with Gasteiger partial charge in [-0.3, -0.25) is 4.99 Å². The summed E-state index contributed by atoms with van der Waals surface area (Å²) < 4.78 is 0. The van der Waals surface area contributed by atoms with E-state index in [1.807, 2.05) is 18.5 Å². The molecule has 0 aliphatic heterocycles. The lowest BCUT2D eigenvalue weighted by Gasteiger charge is -2.01. The zero-order chi connectivity index (χ0) is 13.2. The highest BCUT2D eigenvalue weighted by Crippen LogP contribution is 1.99. The molecule has 2 aromatic rings. The van der Waals surface area contributed by atoms with E-state index in [1.165, 1.54) is 11.1 Å². The molecule has 0 atom stereocenters. The number of nitrogens with zero attached hydrogens (tertiary/aromatic N) is 1. The van der Waals surface area contributed by atoms with Crippen LogP contribution in [0.4, 0.5) is 0 Å². The first kappa shape index (κ1) is 15.9. The van der Waals surface area contributed by atoms with E-state index in [-0.39, 0.29) is 5.48 Å². The van der Waals surface area contributed by atoms with E-state index in [9.17, 15) is 0 Å². The molecule has 0 unspecified atom stereocenters. The van der Waals surface area contributed by atoms with Crippen LogP contribution in [-0.4, -0.2) is 24.9 Å². The third-order valence-corrected chi connectivity index (χ3v) is 2.96. The van der Waals surface area contributed by atoms with E-state index in [0.717, 1.165) is 25.9 Å². The first-order valence-electron chi connectivity index (χ1n) is 6.75. The topological polar surface area (TPSA) is 55.9 Å². The fraction of sp³-hybridized carbons (Fsp3) is 0.235. The Morgan fingerprint density at radius 2 is 1.35 bits per heavy atom. The fourth-order valence-electron chi connectivity index (χ4n) is 1.89. The molecule has 0 aliphatic rings. The van der Waals surface area contributed by atoms with Crippen molar-refractivity contribution in [1.82, 2.24) is 5.32 Å². The Bertz CT molecular complexity index is 483. The number of hydrogen-bond acceptors (Lipinski definition) is 1.